The van der Waals surface area contributed by atoms with E-state index in [1.54, 1.807) is 29.2 Å². The predicted molar refractivity (Wildman–Crippen MR) is 120 cm³/mol. The van der Waals surface area contributed by atoms with E-state index in [0.29, 0.717) is 55.4 Å². The summed E-state index contributed by atoms with van der Waals surface area (Å²) in [5.41, 5.74) is 7.37. The Labute approximate surface area is 189 Å². The van der Waals surface area contributed by atoms with Crippen LogP contribution in [0.5, 0.6) is 0 Å². The van der Waals surface area contributed by atoms with Crippen molar-refractivity contribution in [2.45, 2.75) is 13.5 Å². The van der Waals surface area contributed by atoms with Crippen molar-refractivity contribution < 1.29 is 14.4 Å². The number of carbonyl (C=O) groups is 3. The Morgan fingerprint density at radius 1 is 1.16 bits per heavy atom. The maximum absolute atomic E-state index is 13.2. The van der Waals surface area contributed by atoms with Crippen molar-refractivity contribution in [2.75, 3.05) is 32.7 Å². The van der Waals surface area contributed by atoms with Gasteiger partial charge in [0.1, 0.15) is 5.69 Å². The van der Waals surface area contributed by atoms with Crippen LogP contribution in [-0.4, -0.2) is 74.7 Å². The number of primary amides is 1. The highest BCUT2D eigenvalue weighted by molar-refractivity contribution is 7.09. The van der Waals surface area contributed by atoms with Crippen LogP contribution >= 0.6 is 11.3 Å². The molecule has 2 N–H and O–H groups in total. The minimum Gasteiger partial charge on any atom is -0.366 e. The van der Waals surface area contributed by atoms with Crippen LogP contribution in [-0.2, 0) is 6.54 Å². The van der Waals surface area contributed by atoms with Crippen LogP contribution in [0.3, 0.4) is 0 Å². The lowest BCUT2D eigenvalue weighted by Crippen LogP contribution is -2.50. The largest absolute Gasteiger partial charge is 0.366 e. The molecule has 0 unspecified atom stereocenters. The molecule has 0 radical (unpaired) electrons. The van der Waals surface area contributed by atoms with Crippen molar-refractivity contribution >= 4 is 28.9 Å². The van der Waals surface area contributed by atoms with Gasteiger partial charge in [0.2, 0.25) is 0 Å². The fourth-order valence-corrected chi connectivity index (χ4v) is 4.55. The predicted octanol–water partition coefficient (Wildman–Crippen LogP) is 1.44. The first-order chi connectivity index (χ1) is 15.4. The highest BCUT2D eigenvalue weighted by Crippen LogP contribution is 2.21. The van der Waals surface area contributed by atoms with E-state index in [0.717, 1.165) is 4.88 Å². The lowest BCUT2D eigenvalue weighted by atomic mass is 10.2. The van der Waals surface area contributed by atoms with Crippen LogP contribution in [0.25, 0.3) is 0 Å². The number of carbonyl (C=O) groups excluding carboxylic acids is 3. The second-order valence-corrected chi connectivity index (χ2v) is 8.67. The monoisotopic (exact) mass is 452 g/mol. The smallest absolute Gasteiger partial charge is 0.274 e. The normalized spacial score (nSPS) is 14.5. The number of nitrogens with two attached hydrogens (primary N) is 1. The van der Waals surface area contributed by atoms with E-state index >= 15 is 0 Å². The van der Waals surface area contributed by atoms with E-state index in [4.69, 9.17) is 5.73 Å². The Bertz CT molecular complexity index is 1120. The molecule has 32 heavy (non-hydrogen) atoms. The van der Waals surface area contributed by atoms with Gasteiger partial charge in [0, 0.05) is 49.1 Å². The number of amides is 2. The highest BCUT2D eigenvalue weighted by Gasteiger charge is 2.26. The molecule has 166 valence electrons. The summed E-state index contributed by atoms with van der Waals surface area (Å²) < 4.78 is 1.86. The van der Waals surface area contributed by atoms with Crippen molar-refractivity contribution in [3.63, 3.8) is 0 Å². The van der Waals surface area contributed by atoms with Gasteiger partial charge in [0.15, 0.2) is 5.78 Å². The van der Waals surface area contributed by atoms with Crippen LogP contribution in [0.15, 0.2) is 42.2 Å². The van der Waals surface area contributed by atoms with Gasteiger partial charge >= 0.3 is 0 Å². The molecule has 1 aliphatic rings. The van der Waals surface area contributed by atoms with Gasteiger partial charge in [-0.25, -0.2) is 4.98 Å². The summed E-state index contributed by atoms with van der Waals surface area (Å²) in [5.74, 6) is -0.779. The first kappa shape index (κ1) is 21.8. The molecule has 0 saturated carbocycles. The van der Waals surface area contributed by atoms with Crippen LogP contribution in [0, 0.1) is 6.92 Å². The number of piperazine rings is 1. The SMILES string of the molecule is Cc1c(C(N)=O)cc(C(=O)CN2CCN(C(=O)c3cnccn3)CC2)n1Cc1cccs1. The van der Waals surface area contributed by atoms with E-state index < -0.39 is 5.91 Å². The highest BCUT2D eigenvalue weighted by atomic mass is 32.1. The van der Waals surface area contributed by atoms with E-state index in [1.165, 1.54) is 18.6 Å². The van der Waals surface area contributed by atoms with E-state index in [9.17, 15) is 14.4 Å². The zero-order valence-corrected chi connectivity index (χ0v) is 18.5. The van der Waals surface area contributed by atoms with Crippen molar-refractivity contribution in [3.05, 3.63) is 69.7 Å². The zero-order valence-electron chi connectivity index (χ0n) is 17.7. The Morgan fingerprint density at radius 2 is 1.94 bits per heavy atom. The second-order valence-electron chi connectivity index (χ2n) is 7.64. The number of thiophene rings is 1. The molecule has 4 rings (SSSR count). The first-order valence-corrected chi connectivity index (χ1v) is 11.1. The Morgan fingerprint density at radius 3 is 2.56 bits per heavy atom. The number of hydrogen-bond donors (Lipinski definition) is 1. The molecular formula is C22H24N6O3S. The third kappa shape index (κ3) is 4.61. The van der Waals surface area contributed by atoms with Gasteiger partial charge in [-0.1, -0.05) is 6.07 Å². The minimum absolute atomic E-state index is 0.0779. The lowest BCUT2D eigenvalue weighted by molar-refractivity contribution is 0.0617. The number of Topliss-reactive ketones (excluding diaryl/α,β-unsaturated/α-hetero) is 1. The maximum atomic E-state index is 13.2. The Balaban J connectivity index is 1.44. The number of rotatable bonds is 7. The van der Waals surface area contributed by atoms with E-state index in [2.05, 4.69) is 9.97 Å². The fourth-order valence-electron chi connectivity index (χ4n) is 3.85. The zero-order chi connectivity index (χ0) is 22.7. The molecule has 0 aromatic carbocycles. The van der Waals surface area contributed by atoms with Crippen molar-refractivity contribution in [1.82, 2.24) is 24.3 Å². The summed E-state index contributed by atoms with van der Waals surface area (Å²) >= 11 is 1.60. The summed E-state index contributed by atoms with van der Waals surface area (Å²) in [4.78, 5) is 50.4. The molecule has 9 nitrogen and oxygen atoms in total. The summed E-state index contributed by atoms with van der Waals surface area (Å²) in [7, 11) is 0. The Kier molecular flexibility index (Phi) is 6.42. The molecule has 3 aromatic heterocycles. The fraction of sp³-hybridized carbons (Fsp3) is 0.318. The van der Waals surface area contributed by atoms with Gasteiger partial charge in [-0.3, -0.25) is 24.3 Å². The topological polar surface area (TPSA) is 114 Å². The van der Waals surface area contributed by atoms with Crippen molar-refractivity contribution in [2.24, 2.45) is 5.73 Å². The van der Waals surface area contributed by atoms with Gasteiger partial charge < -0.3 is 15.2 Å². The van der Waals surface area contributed by atoms with Gasteiger partial charge in [0.05, 0.1) is 30.5 Å². The molecule has 1 aliphatic heterocycles. The van der Waals surface area contributed by atoms with Gasteiger partial charge in [-0.15, -0.1) is 11.3 Å². The van der Waals surface area contributed by atoms with Gasteiger partial charge in [-0.05, 0) is 24.4 Å². The van der Waals surface area contributed by atoms with E-state index in [-0.39, 0.29) is 18.2 Å². The average Bonchev–Trinajstić information content (AvgIpc) is 3.43. The van der Waals surface area contributed by atoms with E-state index in [1.807, 2.05) is 27.0 Å². The van der Waals surface area contributed by atoms with Crippen LogP contribution in [0.4, 0.5) is 0 Å². The number of ketones is 1. The van der Waals surface area contributed by atoms with Crippen molar-refractivity contribution in [3.8, 4) is 0 Å². The molecule has 0 bridgehead atoms. The standard InChI is InChI=1S/C22H24N6O3S/c1-15-17(21(23)30)11-19(28(15)13-16-3-2-10-32-16)20(29)14-26-6-8-27(9-7-26)22(31)18-12-24-4-5-25-18/h2-5,10-12H,6-9,13-14H2,1H3,(H2,23,30). The molecule has 0 atom stereocenters. The molecule has 10 heteroatoms. The number of hydrogen-bond acceptors (Lipinski definition) is 7. The van der Waals surface area contributed by atoms with Crippen molar-refractivity contribution in [1.29, 1.82) is 0 Å². The quantitative estimate of drug-likeness (QED) is 0.543. The third-order valence-electron chi connectivity index (χ3n) is 5.62. The lowest BCUT2D eigenvalue weighted by Gasteiger charge is -2.34. The summed E-state index contributed by atoms with van der Waals surface area (Å²) in [6.45, 7) is 4.68. The molecule has 1 saturated heterocycles. The Hall–Kier alpha value is -3.37. The molecule has 4 heterocycles. The number of nitrogens with zero attached hydrogens (tertiary/aromatic N) is 5. The van der Waals surface area contributed by atoms with Crippen LogP contribution in [0.1, 0.15) is 41.9 Å². The van der Waals surface area contributed by atoms with Gasteiger partial charge in [-0.2, -0.15) is 0 Å². The summed E-state index contributed by atoms with van der Waals surface area (Å²) in [6.07, 6.45) is 4.48. The third-order valence-corrected chi connectivity index (χ3v) is 6.48. The average molecular weight is 453 g/mol. The second kappa shape index (κ2) is 9.41. The molecular weight excluding hydrogens is 428 g/mol. The summed E-state index contributed by atoms with van der Waals surface area (Å²) in [6, 6.07) is 5.55. The molecule has 0 aliphatic carbocycles. The number of aromatic nitrogens is 3. The molecule has 3 aromatic rings. The summed E-state index contributed by atoms with van der Waals surface area (Å²) in [5, 5.41) is 1.98. The first-order valence-electron chi connectivity index (χ1n) is 10.3. The van der Waals surface area contributed by atoms with Crippen LogP contribution in [0.2, 0.25) is 0 Å². The minimum atomic E-state index is -0.544. The molecule has 0 spiro atoms. The van der Waals surface area contributed by atoms with Crippen LogP contribution < -0.4 is 5.73 Å². The van der Waals surface area contributed by atoms with Gasteiger partial charge in [0.25, 0.3) is 11.8 Å². The molecule has 1 fully saturated rings. The molecule has 2 amide bonds. The maximum Gasteiger partial charge on any atom is 0.274 e.